The number of carbonyl (C=O) groups is 3. The van der Waals surface area contributed by atoms with E-state index in [2.05, 4.69) is 4.90 Å². The minimum atomic E-state index is -1.86. The first kappa shape index (κ1) is 34.8. The maximum atomic E-state index is 13.8. The molecule has 5 saturated carbocycles. The highest BCUT2D eigenvalue weighted by atomic mass is 16.6. The molecule has 7 bridgehead atoms. The van der Waals surface area contributed by atoms with Gasteiger partial charge in [-0.25, -0.2) is 4.79 Å². The standard InChI is InChI=1S/C36H49NO12/c1-8-37-16-33(17-43-4)22(47-18(2)38)14-23(44-5)35-21-15-34(42)30(48-32(41)20-12-10-9-11-13-20)24(21)36(49-19(3)39,29(40)31(34)46-7)25(28(35)37)26(45-6)27(33)35/h9-13,21-31,40,42H,8,14-17H2,1-7H3/t21-,22?,23?,24-,25?,26+,27-,28-,29?,30-,31+,33+,34-,35+,36-/m1/s1. The van der Waals surface area contributed by atoms with Crippen molar-refractivity contribution in [1.82, 2.24) is 4.90 Å². The minimum Gasteiger partial charge on any atom is -0.462 e. The van der Waals surface area contributed by atoms with E-state index in [0.717, 1.165) is 0 Å². The molecule has 1 aliphatic heterocycles. The van der Waals surface area contributed by atoms with Crippen molar-refractivity contribution in [3.05, 3.63) is 35.9 Å². The van der Waals surface area contributed by atoms with E-state index in [9.17, 15) is 24.6 Å². The average molecular weight is 688 g/mol. The molecule has 0 radical (unpaired) electrons. The van der Waals surface area contributed by atoms with Gasteiger partial charge in [0, 0.05) is 89.9 Å². The number of carbonyl (C=O) groups excluding carboxylic acids is 3. The van der Waals surface area contributed by atoms with Gasteiger partial charge in [-0.2, -0.15) is 0 Å². The summed E-state index contributed by atoms with van der Waals surface area (Å²) in [5, 5.41) is 25.5. The summed E-state index contributed by atoms with van der Waals surface area (Å²) in [6.45, 7) is 5.99. The van der Waals surface area contributed by atoms with Crippen LogP contribution in [-0.4, -0.2) is 135 Å². The Morgan fingerprint density at radius 2 is 1.63 bits per heavy atom. The zero-order valence-electron chi connectivity index (χ0n) is 29.2. The van der Waals surface area contributed by atoms with E-state index in [1.165, 1.54) is 21.0 Å². The Morgan fingerprint density at radius 3 is 2.20 bits per heavy atom. The van der Waals surface area contributed by atoms with Gasteiger partial charge in [0.05, 0.1) is 24.4 Å². The number of piperidine rings is 1. The second-order valence-electron chi connectivity index (χ2n) is 15.0. The summed E-state index contributed by atoms with van der Waals surface area (Å²) >= 11 is 0. The molecule has 1 spiro atoms. The number of aliphatic hydroxyl groups is 2. The van der Waals surface area contributed by atoms with Crippen LogP contribution in [0.5, 0.6) is 0 Å². The Hall–Kier alpha value is -2.65. The number of methoxy groups -OCH3 is 4. The molecule has 6 fully saturated rings. The van der Waals surface area contributed by atoms with Crippen LogP contribution < -0.4 is 0 Å². The predicted molar refractivity (Wildman–Crippen MR) is 170 cm³/mol. The maximum Gasteiger partial charge on any atom is 0.338 e. The summed E-state index contributed by atoms with van der Waals surface area (Å²) in [4.78, 5) is 42.2. The van der Waals surface area contributed by atoms with Gasteiger partial charge in [-0.05, 0) is 31.0 Å². The number of ether oxygens (including phenoxy) is 7. The van der Waals surface area contributed by atoms with Crippen LogP contribution in [0.4, 0.5) is 0 Å². The van der Waals surface area contributed by atoms with Crippen molar-refractivity contribution in [2.45, 2.75) is 87.5 Å². The minimum absolute atomic E-state index is 0.0534. The highest BCUT2D eigenvalue weighted by Gasteiger charge is 2.92. The van der Waals surface area contributed by atoms with Crippen molar-refractivity contribution in [3.8, 4) is 0 Å². The van der Waals surface area contributed by atoms with Gasteiger partial charge in [0.15, 0.2) is 5.60 Å². The van der Waals surface area contributed by atoms with Gasteiger partial charge in [-0.1, -0.05) is 25.1 Å². The fraction of sp³-hybridized carbons (Fsp3) is 0.750. The van der Waals surface area contributed by atoms with Crippen LogP contribution in [0.3, 0.4) is 0 Å². The van der Waals surface area contributed by atoms with E-state index in [-0.39, 0.29) is 24.6 Å². The van der Waals surface area contributed by atoms with E-state index >= 15 is 0 Å². The van der Waals surface area contributed by atoms with Crippen molar-refractivity contribution in [3.63, 3.8) is 0 Å². The van der Waals surface area contributed by atoms with E-state index in [4.69, 9.17) is 33.2 Å². The Labute approximate surface area is 286 Å². The molecule has 5 aliphatic carbocycles. The van der Waals surface area contributed by atoms with Crippen molar-refractivity contribution in [2.75, 3.05) is 48.1 Å². The van der Waals surface area contributed by atoms with E-state index < -0.39 is 100 Å². The fourth-order valence-electron chi connectivity index (χ4n) is 12.7. The molecule has 2 N–H and O–H groups in total. The number of rotatable bonds is 10. The number of hydrogen-bond acceptors (Lipinski definition) is 13. The summed E-state index contributed by atoms with van der Waals surface area (Å²) in [5.41, 5.74) is -4.92. The molecule has 13 heteroatoms. The molecule has 1 heterocycles. The second-order valence-corrected chi connectivity index (χ2v) is 15.0. The highest BCUT2D eigenvalue weighted by molar-refractivity contribution is 5.89. The molecule has 0 aromatic heterocycles. The van der Waals surface area contributed by atoms with Gasteiger partial charge in [-0.15, -0.1) is 0 Å². The van der Waals surface area contributed by atoms with Gasteiger partial charge in [0.1, 0.15) is 30.0 Å². The van der Waals surface area contributed by atoms with Crippen molar-refractivity contribution >= 4 is 17.9 Å². The van der Waals surface area contributed by atoms with Crippen molar-refractivity contribution in [2.24, 2.45) is 34.5 Å². The Bertz CT molecular complexity index is 1480. The SMILES string of the molecule is CCN1C[C@]2(COC)C(OC(C)=O)CC(OC)[C@@]34[C@@H]5C[C@@]6(O)[C@H](OC(=O)c7ccccc7)[C@@H]5[C@](OC(C)=O)(C(O)[C@@H]6OC)C([C@H](OC)[C@H]23)[C@@H]14. The molecular formula is C36H49NO12. The summed E-state index contributed by atoms with van der Waals surface area (Å²) in [6.07, 6.45) is -5.45. The summed E-state index contributed by atoms with van der Waals surface area (Å²) in [7, 11) is 6.25. The third-order valence-corrected chi connectivity index (χ3v) is 13.4. The number of hydrogen-bond donors (Lipinski definition) is 2. The summed E-state index contributed by atoms with van der Waals surface area (Å²) in [5.74, 6) is -4.24. The molecule has 1 aromatic rings. The highest BCUT2D eigenvalue weighted by Crippen LogP contribution is 2.80. The molecule has 1 aromatic carbocycles. The van der Waals surface area contributed by atoms with E-state index in [1.807, 2.05) is 6.92 Å². The van der Waals surface area contributed by atoms with Gasteiger partial charge in [-0.3, -0.25) is 14.5 Å². The molecule has 7 rings (SSSR count). The molecule has 49 heavy (non-hydrogen) atoms. The number of benzene rings is 1. The third-order valence-electron chi connectivity index (χ3n) is 13.4. The predicted octanol–water partition coefficient (Wildman–Crippen LogP) is 1.22. The first-order valence-corrected chi connectivity index (χ1v) is 17.2. The first-order valence-electron chi connectivity index (χ1n) is 17.2. The van der Waals surface area contributed by atoms with E-state index in [1.54, 1.807) is 51.7 Å². The smallest absolute Gasteiger partial charge is 0.338 e. The van der Waals surface area contributed by atoms with Crippen LogP contribution in [0.2, 0.25) is 0 Å². The molecule has 270 valence electrons. The number of likely N-dealkylation sites (tertiary alicyclic amines) is 1. The lowest BCUT2D eigenvalue weighted by atomic mass is 9.42. The zero-order chi connectivity index (χ0) is 35.3. The van der Waals surface area contributed by atoms with Crippen LogP contribution in [0.1, 0.15) is 44.0 Å². The lowest BCUT2D eigenvalue weighted by molar-refractivity contribution is -0.322. The second kappa shape index (κ2) is 12.0. The normalized spacial score (nSPS) is 47.4. The number of aliphatic hydroxyl groups excluding tert-OH is 1. The first-order chi connectivity index (χ1) is 23.4. The Morgan fingerprint density at radius 1 is 0.918 bits per heavy atom. The molecule has 15 atom stereocenters. The Balaban J connectivity index is 1.53. The lowest BCUT2D eigenvalue weighted by Gasteiger charge is -2.70. The van der Waals surface area contributed by atoms with Crippen LogP contribution in [-0.2, 0) is 42.7 Å². The third kappa shape index (κ3) is 4.21. The summed E-state index contributed by atoms with van der Waals surface area (Å²) in [6, 6.07) is 8.12. The van der Waals surface area contributed by atoms with Crippen LogP contribution in [0.15, 0.2) is 30.3 Å². The molecule has 4 unspecified atom stereocenters. The largest absolute Gasteiger partial charge is 0.462 e. The number of esters is 3. The van der Waals surface area contributed by atoms with Crippen molar-refractivity contribution < 1.29 is 57.8 Å². The molecular weight excluding hydrogens is 638 g/mol. The van der Waals surface area contributed by atoms with Gasteiger partial charge in [0.25, 0.3) is 0 Å². The average Bonchev–Trinajstić information content (AvgIpc) is 3.44. The number of fused-ring (bicyclic) bond motifs is 2. The van der Waals surface area contributed by atoms with E-state index in [0.29, 0.717) is 19.5 Å². The fourth-order valence-corrected chi connectivity index (χ4v) is 12.7. The van der Waals surface area contributed by atoms with Crippen LogP contribution >= 0.6 is 0 Å². The molecule has 0 amide bonds. The van der Waals surface area contributed by atoms with Crippen LogP contribution in [0.25, 0.3) is 0 Å². The molecule has 6 aliphatic rings. The van der Waals surface area contributed by atoms with Crippen molar-refractivity contribution in [1.29, 1.82) is 0 Å². The maximum absolute atomic E-state index is 13.8. The number of nitrogens with zero attached hydrogens (tertiary/aromatic N) is 1. The molecule has 1 saturated heterocycles. The lowest BCUT2D eigenvalue weighted by Crippen LogP contribution is -2.81. The zero-order valence-corrected chi connectivity index (χ0v) is 29.2. The monoisotopic (exact) mass is 687 g/mol. The molecule has 13 nitrogen and oxygen atoms in total. The summed E-state index contributed by atoms with van der Waals surface area (Å²) < 4.78 is 43.9. The quantitative estimate of drug-likeness (QED) is 0.267. The topological polar surface area (TPSA) is 160 Å². The van der Waals surface area contributed by atoms with Gasteiger partial charge in [0.2, 0.25) is 0 Å². The van der Waals surface area contributed by atoms with Gasteiger partial charge >= 0.3 is 17.9 Å². The Kier molecular flexibility index (Phi) is 8.49. The van der Waals surface area contributed by atoms with Gasteiger partial charge < -0.3 is 43.4 Å². The van der Waals surface area contributed by atoms with Crippen LogP contribution in [0, 0.1) is 34.5 Å².